The van der Waals surface area contributed by atoms with E-state index in [9.17, 15) is 4.79 Å². The lowest BCUT2D eigenvalue weighted by atomic mass is 9.96. The van der Waals surface area contributed by atoms with Crippen LogP contribution in [0.5, 0.6) is 11.5 Å². The van der Waals surface area contributed by atoms with E-state index in [-0.39, 0.29) is 17.4 Å². The highest BCUT2D eigenvalue weighted by Gasteiger charge is 2.26. The van der Waals surface area contributed by atoms with E-state index in [2.05, 4.69) is 40.5 Å². The summed E-state index contributed by atoms with van der Waals surface area (Å²) in [5.41, 5.74) is 10.0. The lowest BCUT2D eigenvalue weighted by molar-refractivity contribution is 0.0992. The second-order valence-corrected chi connectivity index (χ2v) is 10.00. The minimum absolute atomic E-state index is 0.0268. The quantitative estimate of drug-likeness (QED) is 0.228. The number of carbonyl (C=O) groups is 1. The van der Waals surface area contributed by atoms with E-state index in [0.717, 1.165) is 28.0 Å². The molecule has 0 bridgehead atoms. The number of amides is 1. The van der Waals surface area contributed by atoms with Crippen LogP contribution < -0.4 is 15.2 Å². The number of rotatable bonds is 12. The molecule has 0 saturated carbocycles. The lowest BCUT2D eigenvalue weighted by Crippen LogP contribution is -2.13. The Morgan fingerprint density at radius 1 is 0.927 bits per heavy atom. The van der Waals surface area contributed by atoms with Crippen LogP contribution in [-0.2, 0) is 33.1 Å². The Bertz CT molecular complexity index is 1610. The van der Waals surface area contributed by atoms with Gasteiger partial charge in [0.05, 0.1) is 12.6 Å². The van der Waals surface area contributed by atoms with Gasteiger partial charge < -0.3 is 19.7 Å². The van der Waals surface area contributed by atoms with Crippen molar-refractivity contribution in [3.8, 4) is 22.9 Å². The first-order valence-corrected chi connectivity index (χ1v) is 13.4. The molecule has 0 radical (unpaired) electrons. The maximum absolute atomic E-state index is 12.1. The number of benzene rings is 3. The molecule has 10 heteroatoms. The van der Waals surface area contributed by atoms with Crippen LogP contribution in [0.1, 0.15) is 58.3 Å². The van der Waals surface area contributed by atoms with Gasteiger partial charge in [0.1, 0.15) is 30.5 Å². The molecule has 5 aromatic rings. The van der Waals surface area contributed by atoms with Gasteiger partial charge in [0.2, 0.25) is 5.82 Å². The number of hydrogen-bond donors (Lipinski definition) is 1. The van der Waals surface area contributed by atoms with Crippen LogP contribution in [0, 0.1) is 0 Å². The van der Waals surface area contributed by atoms with Gasteiger partial charge in [0.25, 0.3) is 5.91 Å². The molecule has 2 heterocycles. The molecule has 0 aliphatic carbocycles. The summed E-state index contributed by atoms with van der Waals surface area (Å²) in [5.74, 6) is 1.62. The molecule has 5 rings (SSSR count). The Balaban J connectivity index is 1.47. The fraction of sp³-hybridized carbons (Fsp3) is 0.258. The Morgan fingerprint density at radius 3 is 2.12 bits per heavy atom. The van der Waals surface area contributed by atoms with E-state index in [4.69, 9.17) is 19.7 Å². The molecular weight excluding hydrogens is 520 g/mol. The third-order valence-corrected chi connectivity index (χ3v) is 6.64. The minimum atomic E-state index is -0.726. The molecule has 0 saturated heterocycles. The zero-order chi connectivity index (χ0) is 28.8. The van der Waals surface area contributed by atoms with Crippen molar-refractivity contribution in [1.29, 1.82) is 0 Å². The van der Waals surface area contributed by atoms with Gasteiger partial charge in [-0.2, -0.15) is 4.80 Å². The SMILES string of the molecule is CC(C)c1cc(CCc2onc(C(N)=O)c2-c2nnn(C)n2)c(OCc2ccccc2)cc1OCc1ccccc1. The van der Waals surface area contributed by atoms with E-state index >= 15 is 0 Å². The number of aryl methyl sites for hydroxylation is 3. The van der Waals surface area contributed by atoms with E-state index in [1.165, 1.54) is 4.80 Å². The number of carbonyl (C=O) groups excluding carboxylic acids is 1. The number of nitrogens with two attached hydrogens (primary N) is 1. The van der Waals surface area contributed by atoms with E-state index in [0.29, 0.717) is 43.1 Å². The summed E-state index contributed by atoms with van der Waals surface area (Å²) in [6.07, 6.45) is 0.931. The second kappa shape index (κ2) is 12.5. The molecule has 10 nitrogen and oxygen atoms in total. The molecule has 0 atom stereocenters. The standard InChI is InChI=1S/C31H32N6O4/c1-20(2)24-16-23(14-15-25-28(29(30(32)38)35-41-25)31-33-36-37(3)34-31)26(39-18-21-10-6-4-7-11-21)17-27(24)40-19-22-12-8-5-9-13-22/h4-13,16-17,20H,14-15,18-19H2,1-3H3,(H2,32,38). The first-order valence-electron chi connectivity index (χ1n) is 13.4. The van der Waals surface area contributed by atoms with Crippen LogP contribution in [0.3, 0.4) is 0 Å². The van der Waals surface area contributed by atoms with Gasteiger partial charge in [-0.1, -0.05) is 79.7 Å². The Labute approximate surface area is 238 Å². The zero-order valence-electron chi connectivity index (χ0n) is 23.3. The van der Waals surface area contributed by atoms with Crippen LogP contribution in [-0.4, -0.2) is 31.3 Å². The normalized spacial score (nSPS) is 11.1. The van der Waals surface area contributed by atoms with Gasteiger partial charge >= 0.3 is 0 Å². The van der Waals surface area contributed by atoms with Crippen molar-refractivity contribution in [2.45, 2.75) is 45.8 Å². The van der Waals surface area contributed by atoms with Crippen LogP contribution in [0.15, 0.2) is 77.3 Å². The molecule has 0 fully saturated rings. The largest absolute Gasteiger partial charge is 0.488 e. The lowest BCUT2D eigenvalue weighted by Gasteiger charge is -2.20. The zero-order valence-corrected chi connectivity index (χ0v) is 23.3. The van der Waals surface area contributed by atoms with Crippen LogP contribution in [0.4, 0.5) is 0 Å². The molecule has 2 N–H and O–H groups in total. The summed E-state index contributed by atoms with van der Waals surface area (Å²) in [6, 6.07) is 24.1. The minimum Gasteiger partial charge on any atom is -0.488 e. The van der Waals surface area contributed by atoms with E-state index < -0.39 is 5.91 Å². The highest BCUT2D eigenvalue weighted by atomic mass is 16.5. The molecule has 0 aliphatic heterocycles. The third kappa shape index (κ3) is 6.60. The summed E-state index contributed by atoms with van der Waals surface area (Å²) in [5, 5.41) is 16.1. The molecule has 0 aliphatic rings. The maximum Gasteiger partial charge on any atom is 0.271 e. The number of aromatic nitrogens is 5. The van der Waals surface area contributed by atoms with Crippen molar-refractivity contribution < 1.29 is 18.8 Å². The fourth-order valence-electron chi connectivity index (χ4n) is 4.53. The van der Waals surface area contributed by atoms with Gasteiger partial charge in [-0.05, 0) is 45.9 Å². The second-order valence-electron chi connectivity index (χ2n) is 10.00. The molecule has 1 amide bonds. The monoisotopic (exact) mass is 552 g/mol. The average Bonchev–Trinajstić information content (AvgIpc) is 3.61. The summed E-state index contributed by atoms with van der Waals surface area (Å²) < 4.78 is 18.2. The predicted molar refractivity (Wildman–Crippen MR) is 152 cm³/mol. The molecule has 2 aromatic heterocycles. The highest BCUT2D eigenvalue weighted by molar-refractivity contribution is 5.97. The van der Waals surface area contributed by atoms with Gasteiger partial charge in [-0.15, -0.1) is 10.2 Å². The first-order chi connectivity index (χ1) is 19.9. The number of nitrogens with zero attached hydrogens (tertiary/aromatic N) is 5. The predicted octanol–water partition coefficient (Wildman–Crippen LogP) is 5.03. The van der Waals surface area contributed by atoms with Crippen molar-refractivity contribution in [1.82, 2.24) is 25.4 Å². The van der Waals surface area contributed by atoms with Crippen LogP contribution in [0.2, 0.25) is 0 Å². The number of ether oxygens (including phenoxy) is 2. The number of primary amides is 1. The van der Waals surface area contributed by atoms with Gasteiger partial charge in [-0.3, -0.25) is 4.79 Å². The third-order valence-electron chi connectivity index (χ3n) is 6.64. The first kappa shape index (κ1) is 27.6. The fourth-order valence-corrected chi connectivity index (χ4v) is 4.53. The van der Waals surface area contributed by atoms with E-state index in [1.807, 2.05) is 66.7 Å². The summed E-state index contributed by atoms with van der Waals surface area (Å²) >= 11 is 0. The Kier molecular flexibility index (Phi) is 8.38. The molecule has 0 spiro atoms. The summed E-state index contributed by atoms with van der Waals surface area (Å²) in [7, 11) is 1.64. The smallest absolute Gasteiger partial charge is 0.271 e. The Hall–Kier alpha value is -4.99. The molecule has 210 valence electrons. The average molecular weight is 553 g/mol. The Morgan fingerprint density at radius 2 is 1.56 bits per heavy atom. The summed E-state index contributed by atoms with van der Waals surface area (Å²) in [4.78, 5) is 13.4. The number of hydrogen-bond acceptors (Lipinski definition) is 8. The van der Waals surface area contributed by atoms with Crippen LogP contribution in [0.25, 0.3) is 11.4 Å². The maximum atomic E-state index is 12.1. The van der Waals surface area contributed by atoms with E-state index in [1.54, 1.807) is 7.05 Å². The van der Waals surface area contributed by atoms with Crippen molar-refractivity contribution in [2.24, 2.45) is 12.8 Å². The molecule has 0 unspecified atom stereocenters. The van der Waals surface area contributed by atoms with Gasteiger partial charge in [0.15, 0.2) is 5.69 Å². The van der Waals surface area contributed by atoms with Crippen LogP contribution >= 0.6 is 0 Å². The highest BCUT2D eigenvalue weighted by Crippen LogP contribution is 2.36. The van der Waals surface area contributed by atoms with Crippen molar-refractivity contribution in [2.75, 3.05) is 0 Å². The molecule has 41 heavy (non-hydrogen) atoms. The van der Waals surface area contributed by atoms with Crippen molar-refractivity contribution >= 4 is 5.91 Å². The van der Waals surface area contributed by atoms with Gasteiger partial charge in [0, 0.05) is 12.5 Å². The molecular formula is C31H32N6O4. The topological polar surface area (TPSA) is 131 Å². The number of tetrazole rings is 1. The van der Waals surface area contributed by atoms with Gasteiger partial charge in [-0.25, -0.2) is 0 Å². The van der Waals surface area contributed by atoms with Crippen molar-refractivity contribution in [3.05, 3.63) is 107 Å². The molecule has 3 aromatic carbocycles. The summed E-state index contributed by atoms with van der Waals surface area (Å²) in [6.45, 7) is 5.11. The van der Waals surface area contributed by atoms with Crippen molar-refractivity contribution in [3.63, 3.8) is 0 Å².